The summed E-state index contributed by atoms with van der Waals surface area (Å²) >= 11 is 0. The number of rotatable bonds is 7. The predicted molar refractivity (Wildman–Crippen MR) is 94.9 cm³/mol. The molecular weight excluding hydrogens is 320 g/mol. The van der Waals surface area contributed by atoms with Crippen molar-refractivity contribution < 1.29 is 19.4 Å². The van der Waals surface area contributed by atoms with E-state index in [1.54, 1.807) is 12.1 Å². The van der Waals surface area contributed by atoms with Crippen molar-refractivity contribution in [1.82, 2.24) is 10.6 Å². The summed E-state index contributed by atoms with van der Waals surface area (Å²) in [6, 6.07) is 13.8. The first kappa shape index (κ1) is 18.3. The maximum atomic E-state index is 11.8. The molecule has 0 fully saturated rings. The molecule has 0 aliphatic heterocycles. The highest BCUT2D eigenvalue weighted by molar-refractivity contribution is 5.87. The van der Waals surface area contributed by atoms with Crippen LogP contribution in [-0.2, 0) is 6.54 Å². The number of carbonyl (C=O) groups is 2. The zero-order chi connectivity index (χ0) is 18.2. The van der Waals surface area contributed by atoms with Crippen LogP contribution in [0.1, 0.15) is 28.4 Å². The van der Waals surface area contributed by atoms with Crippen molar-refractivity contribution in [3.05, 3.63) is 65.2 Å². The zero-order valence-electron chi connectivity index (χ0n) is 14.3. The number of carboxylic acids is 1. The minimum atomic E-state index is -0.972. The van der Waals surface area contributed by atoms with Crippen molar-refractivity contribution in [3.63, 3.8) is 0 Å². The van der Waals surface area contributed by atoms with Crippen LogP contribution in [0.5, 0.6) is 5.75 Å². The van der Waals surface area contributed by atoms with Crippen molar-refractivity contribution >= 4 is 12.0 Å². The number of hydrogen-bond acceptors (Lipinski definition) is 3. The van der Waals surface area contributed by atoms with Gasteiger partial charge in [0, 0.05) is 6.54 Å². The Morgan fingerprint density at radius 1 is 1.12 bits per heavy atom. The molecule has 0 saturated heterocycles. The van der Waals surface area contributed by atoms with Crippen LogP contribution in [0.2, 0.25) is 0 Å². The Balaban J connectivity index is 1.72. The van der Waals surface area contributed by atoms with Crippen molar-refractivity contribution in [2.75, 3.05) is 6.54 Å². The second-order valence-corrected chi connectivity index (χ2v) is 5.81. The third-order valence-corrected chi connectivity index (χ3v) is 3.53. The Hall–Kier alpha value is -3.02. The van der Waals surface area contributed by atoms with Crippen LogP contribution in [0.4, 0.5) is 4.79 Å². The summed E-state index contributed by atoms with van der Waals surface area (Å²) < 4.78 is 5.75. The predicted octanol–water partition coefficient (Wildman–Crippen LogP) is 2.96. The summed E-state index contributed by atoms with van der Waals surface area (Å²) in [6.07, 6.45) is -0.164. The van der Waals surface area contributed by atoms with E-state index in [4.69, 9.17) is 9.84 Å². The average Bonchev–Trinajstić information content (AvgIpc) is 2.58. The maximum absolute atomic E-state index is 11.8. The van der Waals surface area contributed by atoms with Crippen LogP contribution in [0.3, 0.4) is 0 Å². The van der Waals surface area contributed by atoms with E-state index in [9.17, 15) is 9.59 Å². The van der Waals surface area contributed by atoms with Crippen molar-refractivity contribution in [1.29, 1.82) is 0 Å². The number of hydrogen-bond donors (Lipinski definition) is 3. The molecule has 6 nitrogen and oxygen atoms in total. The normalized spacial score (nSPS) is 11.4. The molecule has 0 aliphatic rings. The minimum Gasteiger partial charge on any atom is -0.489 e. The third-order valence-electron chi connectivity index (χ3n) is 3.53. The van der Waals surface area contributed by atoms with E-state index < -0.39 is 5.97 Å². The lowest BCUT2D eigenvalue weighted by Crippen LogP contribution is -2.40. The first-order valence-corrected chi connectivity index (χ1v) is 8.01. The van der Waals surface area contributed by atoms with Crippen LogP contribution in [0, 0.1) is 6.92 Å². The van der Waals surface area contributed by atoms with E-state index in [1.807, 2.05) is 38.1 Å². The Labute approximate surface area is 146 Å². The van der Waals surface area contributed by atoms with Crippen LogP contribution in [0.25, 0.3) is 0 Å². The molecule has 0 spiro atoms. The van der Waals surface area contributed by atoms with Gasteiger partial charge in [0.05, 0.1) is 12.1 Å². The average molecular weight is 342 g/mol. The largest absolute Gasteiger partial charge is 0.489 e. The number of carbonyl (C=O) groups excluding carboxylic acids is 1. The summed E-state index contributed by atoms with van der Waals surface area (Å²) in [5, 5.41) is 14.3. The monoisotopic (exact) mass is 342 g/mol. The van der Waals surface area contributed by atoms with Gasteiger partial charge in [-0.2, -0.15) is 0 Å². The van der Waals surface area contributed by atoms with Gasteiger partial charge in [-0.1, -0.05) is 24.3 Å². The molecule has 2 aromatic carbocycles. The molecule has 2 amide bonds. The van der Waals surface area contributed by atoms with Gasteiger partial charge >= 0.3 is 12.0 Å². The highest BCUT2D eigenvalue weighted by atomic mass is 16.5. The molecule has 0 saturated carbocycles. The zero-order valence-corrected chi connectivity index (χ0v) is 14.3. The SMILES string of the molecule is Cc1cccc(OC(C)CNC(=O)NCc2ccc(C(=O)O)cc2)c1. The number of aryl methyl sites for hydroxylation is 1. The quantitative estimate of drug-likeness (QED) is 0.722. The lowest BCUT2D eigenvalue weighted by Gasteiger charge is -2.16. The number of aromatic carboxylic acids is 1. The molecule has 6 heteroatoms. The molecule has 0 aliphatic carbocycles. The molecule has 2 rings (SSSR count). The molecule has 3 N–H and O–H groups in total. The molecule has 0 heterocycles. The standard InChI is InChI=1S/C19H22N2O4/c1-13-4-3-5-17(10-13)25-14(2)11-20-19(24)21-12-15-6-8-16(9-7-15)18(22)23/h3-10,14H,11-12H2,1-2H3,(H,22,23)(H2,20,21,24). The third kappa shape index (κ3) is 6.18. The summed E-state index contributed by atoms with van der Waals surface area (Å²) in [7, 11) is 0. The van der Waals surface area contributed by atoms with Gasteiger partial charge in [-0.05, 0) is 49.2 Å². The summed E-state index contributed by atoms with van der Waals surface area (Å²) in [5.41, 5.74) is 2.16. The summed E-state index contributed by atoms with van der Waals surface area (Å²) in [5.74, 6) is -0.201. The number of carboxylic acid groups (broad SMARTS) is 1. The molecule has 0 aromatic heterocycles. The van der Waals surface area contributed by atoms with Crippen LogP contribution < -0.4 is 15.4 Å². The highest BCUT2D eigenvalue weighted by Crippen LogP contribution is 2.13. The van der Waals surface area contributed by atoms with E-state index >= 15 is 0 Å². The summed E-state index contributed by atoms with van der Waals surface area (Å²) in [6.45, 7) is 4.57. The second kappa shape index (κ2) is 8.73. The van der Waals surface area contributed by atoms with Crippen LogP contribution in [0.15, 0.2) is 48.5 Å². The Morgan fingerprint density at radius 2 is 1.84 bits per heavy atom. The number of urea groups is 1. The van der Waals surface area contributed by atoms with Crippen LogP contribution in [-0.4, -0.2) is 29.8 Å². The smallest absolute Gasteiger partial charge is 0.335 e. The van der Waals surface area contributed by atoms with Crippen molar-refractivity contribution in [3.8, 4) is 5.75 Å². The van der Waals surface area contributed by atoms with Crippen molar-refractivity contribution in [2.24, 2.45) is 0 Å². The lowest BCUT2D eigenvalue weighted by atomic mass is 10.1. The molecular formula is C19H22N2O4. The molecule has 1 atom stereocenters. The molecule has 132 valence electrons. The second-order valence-electron chi connectivity index (χ2n) is 5.81. The molecule has 0 bridgehead atoms. The van der Waals surface area contributed by atoms with E-state index in [2.05, 4.69) is 10.6 Å². The van der Waals surface area contributed by atoms with Gasteiger partial charge in [0.1, 0.15) is 11.9 Å². The Kier molecular flexibility index (Phi) is 6.39. The topological polar surface area (TPSA) is 87.7 Å². The van der Waals surface area contributed by atoms with E-state index in [-0.39, 0.29) is 17.7 Å². The fourth-order valence-corrected chi connectivity index (χ4v) is 2.21. The van der Waals surface area contributed by atoms with Crippen molar-refractivity contribution in [2.45, 2.75) is 26.5 Å². The number of nitrogens with one attached hydrogen (secondary N) is 2. The highest BCUT2D eigenvalue weighted by Gasteiger charge is 2.07. The maximum Gasteiger partial charge on any atom is 0.335 e. The van der Waals surface area contributed by atoms with Gasteiger partial charge < -0.3 is 20.5 Å². The summed E-state index contributed by atoms with van der Waals surface area (Å²) in [4.78, 5) is 22.6. The minimum absolute atomic E-state index is 0.164. The Bertz CT molecular complexity index is 728. The van der Waals surface area contributed by atoms with Gasteiger partial charge in [0.2, 0.25) is 0 Å². The van der Waals surface area contributed by atoms with Gasteiger partial charge in [0.15, 0.2) is 0 Å². The van der Waals surface area contributed by atoms with Gasteiger partial charge in [-0.3, -0.25) is 0 Å². The number of ether oxygens (including phenoxy) is 1. The fourth-order valence-electron chi connectivity index (χ4n) is 2.21. The van der Waals surface area contributed by atoms with Gasteiger partial charge in [0.25, 0.3) is 0 Å². The lowest BCUT2D eigenvalue weighted by molar-refractivity contribution is 0.0697. The van der Waals surface area contributed by atoms with E-state index in [1.165, 1.54) is 12.1 Å². The first-order valence-electron chi connectivity index (χ1n) is 8.01. The number of benzene rings is 2. The molecule has 1 unspecified atom stereocenters. The number of amides is 2. The van der Waals surface area contributed by atoms with Gasteiger partial charge in [-0.15, -0.1) is 0 Å². The van der Waals surface area contributed by atoms with Crippen LogP contribution >= 0.6 is 0 Å². The molecule has 0 radical (unpaired) electrons. The molecule has 25 heavy (non-hydrogen) atoms. The molecule has 2 aromatic rings. The Morgan fingerprint density at radius 3 is 2.48 bits per heavy atom. The fraction of sp³-hybridized carbons (Fsp3) is 0.263. The first-order chi connectivity index (χ1) is 11.9. The van der Waals surface area contributed by atoms with E-state index in [0.717, 1.165) is 16.9 Å². The van der Waals surface area contributed by atoms with Gasteiger partial charge in [-0.25, -0.2) is 9.59 Å². The van der Waals surface area contributed by atoms with E-state index in [0.29, 0.717) is 13.1 Å².